The van der Waals surface area contributed by atoms with Crippen molar-refractivity contribution >= 4 is 5.69 Å². The van der Waals surface area contributed by atoms with Crippen LogP contribution in [0.15, 0.2) is 24.3 Å². The molecular formula is C11H13FN2. The molecule has 0 spiro atoms. The molecule has 0 bridgehead atoms. The molecule has 0 aromatic heterocycles. The number of rotatable bonds is 3. The first kappa shape index (κ1) is 10.5. The molecule has 0 aliphatic carbocycles. The minimum Gasteiger partial charge on any atom is -0.381 e. The minimum absolute atomic E-state index is 0.200. The summed E-state index contributed by atoms with van der Waals surface area (Å²) >= 11 is 0. The van der Waals surface area contributed by atoms with Crippen LogP contribution in [0.3, 0.4) is 0 Å². The van der Waals surface area contributed by atoms with Crippen molar-refractivity contribution < 1.29 is 4.39 Å². The van der Waals surface area contributed by atoms with Crippen LogP contribution in [0.5, 0.6) is 0 Å². The molecule has 1 aromatic rings. The van der Waals surface area contributed by atoms with E-state index in [1.54, 1.807) is 18.2 Å². The van der Waals surface area contributed by atoms with Gasteiger partial charge in [-0.15, -0.1) is 0 Å². The van der Waals surface area contributed by atoms with Gasteiger partial charge in [0.2, 0.25) is 0 Å². The molecule has 0 aliphatic heterocycles. The Balaban J connectivity index is 2.73. The fourth-order valence-corrected chi connectivity index (χ4v) is 1.04. The summed E-state index contributed by atoms with van der Waals surface area (Å²) in [6, 6.07) is 9.11. The number of nitrogens with zero attached hydrogens (tertiary/aromatic N) is 1. The summed E-state index contributed by atoms with van der Waals surface area (Å²) in [6.45, 7) is 3.19. The molecule has 0 aliphatic rings. The minimum atomic E-state index is -1.28. The molecule has 3 heteroatoms. The van der Waals surface area contributed by atoms with Crippen molar-refractivity contribution in [3.05, 3.63) is 29.8 Å². The van der Waals surface area contributed by atoms with E-state index in [0.717, 1.165) is 0 Å². The highest BCUT2D eigenvalue weighted by molar-refractivity contribution is 5.57. The molecule has 74 valence electrons. The van der Waals surface area contributed by atoms with Crippen LogP contribution in [-0.4, -0.2) is 12.2 Å². The molecule has 1 N–H and O–H groups in total. The second kappa shape index (κ2) is 4.10. The normalized spacial score (nSPS) is 10.7. The van der Waals surface area contributed by atoms with Gasteiger partial charge < -0.3 is 5.32 Å². The zero-order chi connectivity index (χ0) is 10.6. The van der Waals surface area contributed by atoms with Crippen molar-refractivity contribution in [1.29, 1.82) is 5.26 Å². The van der Waals surface area contributed by atoms with Gasteiger partial charge in [0, 0.05) is 6.54 Å². The molecule has 0 unspecified atom stereocenters. The van der Waals surface area contributed by atoms with Crippen molar-refractivity contribution in [2.24, 2.45) is 0 Å². The highest BCUT2D eigenvalue weighted by atomic mass is 19.1. The molecule has 0 heterocycles. The molecule has 0 saturated carbocycles. The number of halogens is 1. The van der Waals surface area contributed by atoms with Gasteiger partial charge in [-0.25, -0.2) is 4.39 Å². The fraction of sp³-hybridized carbons (Fsp3) is 0.364. The third-order valence-corrected chi connectivity index (χ3v) is 1.75. The van der Waals surface area contributed by atoms with Crippen molar-refractivity contribution in [3.8, 4) is 6.07 Å². The van der Waals surface area contributed by atoms with Crippen LogP contribution in [-0.2, 0) is 0 Å². The number of nitrogens with one attached hydrogen (secondary N) is 1. The lowest BCUT2D eigenvalue weighted by molar-refractivity contribution is 0.235. The monoisotopic (exact) mass is 192 g/mol. The smallest absolute Gasteiger partial charge is 0.122 e. The van der Waals surface area contributed by atoms with Gasteiger partial charge in [-0.2, -0.15) is 5.26 Å². The Kier molecular flexibility index (Phi) is 3.08. The molecule has 2 nitrogen and oxygen atoms in total. The van der Waals surface area contributed by atoms with E-state index in [2.05, 4.69) is 5.32 Å². The molecular weight excluding hydrogens is 179 g/mol. The predicted molar refractivity (Wildman–Crippen MR) is 54.8 cm³/mol. The first-order chi connectivity index (χ1) is 6.53. The first-order valence-corrected chi connectivity index (χ1v) is 4.45. The summed E-state index contributed by atoms with van der Waals surface area (Å²) in [6.07, 6.45) is 0. The van der Waals surface area contributed by atoms with Gasteiger partial charge in [0.05, 0.1) is 11.3 Å². The summed E-state index contributed by atoms with van der Waals surface area (Å²) in [5.74, 6) is 0. The molecule has 0 atom stereocenters. The van der Waals surface area contributed by atoms with E-state index in [1.165, 1.54) is 13.8 Å². The Morgan fingerprint density at radius 2 is 2.07 bits per heavy atom. The Labute approximate surface area is 83.4 Å². The van der Waals surface area contributed by atoms with Gasteiger partial charge in [0.15, 0.2) is 0 Å². The lowest BCUT2D eigenvalue weighted by atomic mass is 10.1. The van der Waals surface area contributed by atoms with E-state index >= 15 is 0 Å². The maximum Gasteiger partial charge on any atom is 0.122 e. The molecule has 0 radical (unpaired) electrons. The van der Waals surface area contributed by atoms with Crippen LogP contribution in [0.1, 0.15) is 19.4 Å². The Hall–Kier alpha value is -1.56. The summed E-state index contributed by atoms with van der Waals surface area (Å²) in [5, 5.41) is 11.7. The number of para-hydroxylation sites is 1. The number of hydrogen-bond acceptors (Lipinski definition) is 2. The SMILES string of the molecule is CC(C)(F)CNc1ccccc1C#N. The quantitative estimate of drug-likeness (QED) is 0.799. The molecule has 1 aromatic carbocycles. The highest BCUT2D eigenvalue weighted by Crippen LogP contribution is 2.16. The van der Waals surface area contributed by atoms with Crippen LogP contribution in [0.4, 0.5) is 10.1 Å². The van der Waals surface area contributed by atoms with E-state index < -0.39 is 5.67 Å². The number of alkyl halides is 1. The van der Waals surface area contributed by atoms with E-state index in [0.29, 0.717) is 11.3 Å². The predicted octanol–water partition coefficient (Wildman–Crippen LogP) is 2.72. The maximum absolute atomic E-state index is 13.2. The molecule has 1 rings (SSSR count). The van der Waals surface area contributed by atoms with Crippen LogP contribution < -0.4 is 5.32 Å². The van der Waals surface area contributed by atoms with Crippen LogP contribution in [0.25, 0.3) is 0 Å². The summed E-state index contributed by atoms with van der Waals surface area (Å²) in [7, 11) is 0. The van der Waals surface area contributed by atoms with Crippen molar-refractivity contribution in [2.75, 3.05) is 11.9 Å². The number of hydrogen-bond donors (Lipinski definition) is 1. The Morgan fingerprint density at radius 1 is 1.43 bits per heavy atom. The van der Waals surface area contributed by atoms with Gasteiger partial charge >= 0.3 is 0 Å². The highest BCUT2D eigenvalue weighted by Gasteiger charge is 2.15. The zero-order valence-corrected chi connectivity index (χ0v) is 8.34. The molecule has 0 saturated heterocycles. The van der Waals surface area contributed by atoms with Gasteiger partial charge in [0.1, 0.15) is 11.7 Å². The van der Waals surface area contributed by atoms with Gasteiger partial charge in [0.25, 0.3) is 0 Å². The third-order valence-electron chi connectivity index (χ3n) is 1.75. The summed E-state index contributed by atoms with van der Waals surface area (Å²) < 4.78 is 13.2. The van der Waals surface area contributed by atoms with Gasteiger partial charge in [-0.05, 0) is 26.0 Å². The Bertz CT molecular complexity index is 347. The standard InChI is InChI=1S/C11H13FN2/c1-11(2,12)8-14-10-6-4-3-5-9(10)7-13/h3-6,14H,8H2,1-2H3. The van der Waals surface area contributed by atoms with Crippen molar-refractivity contribution in [2.45, 2.75) is 19.5 Å². The zero-order valence-electron chi connectivity index (χ0n) is 8.34. The molecule has 0 fully saturated rings. The van der Waals surface area contributed by atoms with E-state index in [4.69, 9.17) is 5.26 Å². The largest absolute Gasteiger partial charge is 0.381 e. The third kappa shape index (κ3) is 3.06. The van der Waals surface area contributed by atoms with Crippen LogP contribution in [0.2, 0.25) is 0 Å². The topological polar surface area (TPSA) is 35.8 Å². The van der Waals surface area contributed by atoms with Crippen LogP contribution >= 0.6 is 0 Å². The van der Waals surface area contributed by atoms with Gasteiger partial charge in [-0.3, -0.25) is 0 Å². The maximum atomic E-state index is 13.2. The Morgan fingerprint density at radius 3 is 2.64 bits per heavy atom. The molecule has 0 amide bonds. The number of benzene rings is 1. The fourth-order valence-electron chi connectivity index (χ4n) is 1.04. The van der Waals surface area contributed by atoms with Crippen LogP contribution in [0, 0.1) is 11.3 Å². The lowest BCUT2D eigenvalue weighted by Crippen LogP contribution is -2.24. The van der Waals surface area contributed by atoms with Gasteiger partial charge in [-0.1, -0.05) is 12.1 Å². The number of nitriles is 1. The molecule has 14 heavy (non-hydrogen) atoms. The number of anilines is 1. The lowest BCUT2D eigenvalue weighted by Gasteiger charge is -2.16. The van der Waals surface area contributed by atoms with Crippen molar-refractivity contribution in [1.82, 2.24) is 0 Å². The van der Waals surface area contributed by atoms with E-state index in [-0.39, 0.29) is 6.54 Å². The summed E-state index contributed by atoms with van der Waals surface area (Å²) in [4.78, 5) is 0. The average molecular weight is 192 g/mol. The van der Waals surface area contributed by atoms with E-state index in [1.807, 2.05) is 12.1 Å². The van der Waals surface area contributed by atoms with Crippen molar-refractivity contribution in [3.63, 3.8) is 0 Å². The average Bonchev–Trinajstić information content (AvgIpc) is 2.14. The summed E-state index contributed by atoms with van der Waals surface area (Å²) in [5.41, 5.74) is -0.0553. The van der Waals surface area contributed by atoms with E-state index in [9.17, 15) is 4.39 Å². The first-order valence-electron chi connectivity index (χ1n) is 4.45. The second-order valence-electron chi connectivity index (χ2n) is 3.73. The second-order valence-corrected chi connectivity index (χ2v) is 3.73.